The summed E-state index contributed by atoms with van der Waals surface area (Å²) in [6, 6.07) is 24.6. The average Bonchev–Trinajstić information content (AvgIpc) is 3.23. The summed E-state index contributed by atoms with van der Waals surface area (Å²) in [6.07, 6.45) is 10.2. The Labute approximate surface area is 344 Å². The smallest absolute Gasteiger partial charge is 0.243 e. The average molecular weight is 797 g/mol. The summed E-state index contributed by atoms with van der Waals surface area (Å²) in [6.45, 7) is 7.20. The zero-order valence-electron chi connectivity index (χ0n) is 34.6. The molecule has 2 heterocycles. The SMILES string of the molecule is CC(C)(C)NC(=O)[C@H]1CC[C@H]2CCCC[C@H]2N1C[C@H]1C[C@@H](c2ccc(CO)cc2)O[C@@H](c2ccc(-c3cccc(CNC(=O)CCCCCCC(=O)NO)c3)cc2)O1. The lowest BCUT2D eigenvalue weighted by molar-refractivity contribution is -0.255. The summed E-state index contributed by atoms with van der Waals surface area (Å²) < 4.78 is 13.6. The van der Waals surface area contributed by atoms with Crippen LogP contribution in [0.25, 0.3) is 11.1 Å². The van der Waals surface area contributed by atoms with E-state index in [4.69, 9.17) is 14.7 Å². The number of rotatable bonds is 16. The summed E-state index contributed by atoms with van der Waals surface area (Å²) >= 11 is 0. The quantitative estimate of drug-likeness (QED) is 0.0561. The fourth-order valence-electron chi connectivity index (χ4n) is 8.96. The van der Waals surface area contributed by atoms with Crippen molar-refractivity contribution in [2.75, 3.05) is 6.54 Å². The van der Waals surface area contributed by atoms with Crippen LogP contribution in [0.15, 0.2) is 72.8 Å². The molecule has 3 aromatic carbocycles. The maximum absolute atomic E-state index is 13.8. The molecule has 0 aromatic heterocycles. The van der Waals surface area contributed by atoms with E-state index in [0.717, 1.165) is 71.9 Å². The van der Waals surface area contributed by atoms with Crippen LogP contribution in [0, 0.1) is 5.92 Å². The number of likely N-dealkylation sites (tertiary alicyclic amines) is 1. The van der Waals surface area contributed by atoms with Crippen LogP contribution >= 0.6 is 0 Å². The van der Waals surface area contributed by atoms with Crippen LogP contribution in [0.1, 0.15) is 139 Å². The highest BCUT2D eigenvalue weighted by molar-refractivity contribution is 5.82. The van der Waals surface area contributed by atoms with Crippen LogP contribution in [0.4, 0.5) is 0 Å². The van der Waals surface area contributed by atoms with E-state index >= 15 is 0 Å². The maximum Gasteiger partial charge on any atom is 0.243 e. The minimum atomic E-state index is -0.606. The second-order valence-electron chi connectivity index (χ2n) is 17.5. The third-order valence-corrected chi connectivity index (χ3v) is 12.0. The van der Waals surface area contributed by atoms with Gasteiger partial charge in [0.2, 0.25) is 17.7 Å². The van der Waals surface area contributed by atoms with Crippen molar-refractivity contribution < 1.29 is 34.2 Å². The van der Waals surface area contributed by atoms with Gasteiger partial charge in [-0.25, -0.2) is 5.48 Å². The third kappa shape index (κ3) is 12.2. The number of carbonyl (C=O) groups is 3. The number of carbonyl (C=O) groups excluding carboxylic acids is 3. The Morgan fingerprint density at radius 2 is 1.48 bits per heavy atom. The Bertz CT molecular complexity index is 1790. The molecule has 0 bridgehead atoms. The molecule has 11 nitrogen and oxygen atoms in total. The standard InChI is InChI=1S/C47H64N4O7/c1-47(2,3)49-45(55)41-26-25-35-12-8-9-14-40(35)51(41)30-39-28-42(36-19-17-32(31-52)18-20-36)58-46(57-39)37-23-21-34(22-24-37)38-13-10-11-33(27-38)29-48-43(53)15-6-4-5-7-16-44(54)50-56/h10-11,13,17-24,27,35,39-42,46,52,56H,4-9,12,14-16,25-26,28-31H2,1-3H3,(H,48,53)(H,49,55)(H,50,54)/t35-,39-,40-,41-,42+,46+/m1/s1. The molecule has 6 rings (SSSR count). The normalized spacial score (nSPS) is 23.7. The number of aliphatic hydroxyl groups is 1. The summed E-state index contributed by atoms with van der Waals surface area (Å²) in [4.78, 5) is 40.0. The van der Waals surface area contributed by atoms with Gasteiger partial charge in [0.25, 0.3) is 0 Å². The van der Waals surface area contributed by atoms with Gasteiger partial charge in [0.15, 0.2) is 6.29 Å². The highest BCUT2D eigenvalue weighted by Gasteiger charge is 2.44. The number of hydrogen-bond donors (Lipinski definition) is 5. The highest BCUT2D eigenvalue weighted by Crippen LogP contribution is 2.42. The van der Waals surface area contributed by atoms with Crippen LogP contribution in [0.2, 0.25) is 0 Å². The van der Waals surface area contributed by atoms with Crippen molar-refractivity contribution in [1.29, 1.82) is 0 Å². The van der Waals surface area contributed by atoms with E-state index in [2.05, 4.69) is 51.9 Å². The monoisotopic (exact) mass is 796 g/mol. The van der Waals surface area contributed by atoms with Gasteiger partial charge in [-0.1, -0.05) is 92.4 Å². The van der Waals surface area contributed by atoms with Crippen LogP contribution < -0.4 is 16.1 Å². The molecule has 0 radical (unpaired) electrons. The topological polar surface area (TPSA) is 149 Å². The second kappa shape index (κ2) is 20.7. The molecule has 11 heteroatoms. The number of aliphatic hydroxyl groups excluding tert-OH is 1. The molecule has 3 aliphatic rings. The van der Waals surface area contributed by atoms with Gasteiger partial charge >= 0.3 is 0 Å². The Morgan fingerprint density at radius 1 is 0.776 bits per heavy atom. The molecule has 6 atom stereocenters. The fourth-order valence-corrected chi connectivity index (χ4v) is 8.96. The molecule has 1 aliphatic carbocycles. The molecule has 2 saturated heterocycles. The second-order valence-corrected chi connectivity index (χ2v) is 17.5. The van der Waals surface area contributed by atoms with Crippen molar-refractivity contribution in [3.8, 4) is 11.1 Å². The molecule has 5 N–H and O–H groups in total. The predicted octanol–water partition coefficient (Wildman–Crippen LogP) is 7.79. The molecule has 1 saturated carbocycles. The van der Waals surface area contributed by atoms with Gasteiger partial charge in [-0.05, 0) is 99.1 Å². The number of ether oxygens (including phenoxy) is 2. The van der Waals surface area contributed by atoms with E-state index in [9.17, 15) is 19.5 Å². The molecular weight excluding hydrogens is 733 g/mol. The first-order chi connectivity index (χ1) is 28.0. The zero-order chi connectivity index (χ0) is 41.1. The van der Waals surface area contributed by atoms with Crippen LogP contribution in [-0.2, 0) is 37.0 Å². The number of nitrogens with one attached hydrogen (secondary N) is 3. The molecule has 0 unspecified atom stereocenters. The lowest BCUT2D eigenvalue weighted by Gasteiger charge is -2.50. The molecule has 0 spiro atoms. The zero-order valence-corrected chi connectivity index (χ0v) is 34.6. The van der Waals surface area contributed by atoms with Crippen molar-refractivity contribution in [1.82, 2.24) is 21.0 Å². The minimum Gasteiger partial charge on any atom is -0.392 e. The summed E-state index contributed by atoms with van der Waals surface area (Å²) in [5.41, 5.74) is 7.24. The first-order valence-electron chi connectivity index (χ1n) is 21.5. The van der Waals surface area contributed by atoms with Crippen LogP contribution in [0.5, 0.6) is 0 Å². The minimum absolute atomic E-state index is 0.00109. The Kier molecular flexibility index (Phi) is 15.5. The van der Waals surface area contributed by atoms with E-state index in [1.165, 1.54) is 19.3 Å². The number of unbranched alkanes of at least 4 members (excludes halogenated alkanes) is 3. The number of benzene rings is 3. The predicted molar refractivity (Wildman–Crippen MR) is 223 cm³/mol. The molecule has 2 aliphatic heterocycles. The summed E-state index contributed by atoms with van der Waals surface area (Å²) in [7, 11) is 0. The van der Waals surface area contributed by atoms with Gasteiger partial charge in [0.1, 0.15) is 0 Å². The van der Waals surface area contributed by atoms with E-state index in [1.54, 1.807) is 5.48 Å². The van der Waals surface area contributed by atoms with E-state index in [1.807, 2.05) is 57.2 Å². The van der Waals surface area contributed by atoms with Crippen molar-refractivity contribution in [2.24, 2.45) is 5.92 Å². The van der Waals surface area contributed by atoms with E-state index in [0.29, 0.717) is 44.3 Å². The first kappa shape index (κ1) is 43.4. The molecular formula is C47H64N4O7. The van der Waals surface area contributed by atoms with E-state index < -0.39 is 6.29 Å². The van der Waals surface area contributed by atoms with Gasteiger partial charge in [0, 0.05) is 49.5 Å². The van der Waals surface area contributed by atoms with Crippen LogP contribution in [-0.4, -0.2) is 63.2 Å². The number of piperidine rings is 1. The lowest BCUT2D eigenvalue weighted by Crippen LogP contribution is -2.61. The van der Waals surface area contributed by atoms with Crippen molar-refractivity contribution in [2.45, 2.75) is 154 Å². The number of hydrogen-bond acceptors (Lipinski definition) is 8. The van der Waals surface area contributed by atoms with Gasteiger partial charge in [-0.2, -0.15) is 0 Å². The summed E-state index contributed by atoms with van der Waals surface area (Å²) in [5.74, 6) is 0.323. The number of fused-ring (bicyclic) bond motifs is 1. The van der Waals surface area contributed by atoms with E-state index in [-0.39, 0.29) is 54.5 Å². The van der Waals surface area contributed by atoms with Gasteiger partial charge in [-0.3, -0.25) is 24.5 Å². The van der Waals surface area contributed by atoms with Gasteiger partial charge in [0.05, 0.1) is 24.9 Å². The fraction of sp³-hybridized carbons (Fsp3) is 0.553. The molecule has 314 valence electrons. The Balaban J connectivity index is 1.13. The van der Waals surface area contributed by atoms with Gasteiger partial charge in [-0.15, -0.1) is 0 Å². The lowest BCUT2D eigenvalue weighted by atomic mass is 9.75. The number of amides is 3. The summed E-state index contributed by atoms with van der Waals surface area (Å²) in [5, 5.41) is 24.6. The first-order valence-corrected chi connectivity index (χ1v) is 21.5. The van der Waals surface area contributed by atoms with Crippen molar-refractivity contribution >= 4 is 17.7 Å². The maximum atomic E-state index is 13.8. The van der Waals surface area contributed by atoms with Crippen LogP contribution in [0.3, 0.4) is 0 Å². The highest BCUT2D eigenvalue weighted by atomic mass is 16.7. The third-order valence-electron chi connectivity index (χ3n) is 12.0. The van der Waals surface area contributed by atoms with Crippen molar-refractivity contribution in [3.05, 3.63) is 95.1 Å². The number of nitrogens with zero attached hydrogens (tertiary/aromatic N) is 1. The molecule has 3 aromatic rings. The largest absolute Gasteiger partial charge is 0.392 e. The van der Waals surface area contributed by atoms with Gasteiger partial charge < -0.3 is 25.2 Å². The Hall–Kier alpha value is -4.13. The number of hydroxylamine groups is 1. The Morgan fingerprint density at radius 3 is 2.19 bits per heavy atom. The molecule has 58 heavy (non-hydrogen) atoms. The van der Waals surface area contributed by atoms with Crippen molar-refractivity contribution in [3.63, 3.8) is 0 Å². The molecule has 3 fully saturated rings. The molecule has 3 amide bonds.